The van der Waals surface area contributed by atoms with Gasteiger partial charge in [-0.05, 0) is 18.6 Å². The third kappa shape index (κ3) is 2.61. The minimum atomic E-state index is -0.868. The van der Waals surface area contributed by atoms with E-state index in [2.05, 4.69) is 0 Å². The molecule has 0 aliphatic carbocycles. The van der Waals surface area contributed by atoms with Gasteiger partial charge in [0.05, 0.1) is 11.4 Å². The van der Waals surface area contributed by atoms with Gasteiger partial charge in [-0.1, -0.05) is 12.1 Å². The van der Waals surface area contributed by atoms with Crippen molar-refractivity contribution in [2.75, 3.05) is 13.1 Å². The highest BCUT2D eigenvalue weighted by atomic mass is 16.4. The number of aryl methyl sites for hydroxylation is 1. The van der Waals surface area contributed by atoms with Crippen molar-refractivity contribution in [1.82, 2.24) is 9.47 Å². The molecule has 1 aromatic heterocycles. The smallest absolute Gasteiger partial charge is 0.419 e. The van der Waals surface area contributed by atoms with Crippen molar-refractivity contribution in [3.63, 3.8) is 0 Å². The van der Waals surface area contributed by atoms with Crippen LogP contribution in [0.5, 0.6) is 0 Å². The normalized spacial score (nSPS) is 18.0. The molecule has 1 aromatic carbocycles. The maximum atomic E-state index is 12.1. The molecule has 1 fully saturated rings. The van der Waals surface area contributed by atoms with Gasteiger partial charge < -0.3 is 14.4 Å². The number of para-hydroxylation sites is 2. The molecule has 1 saturated heterocycles. The van der Waals surface area contributed by atoms with Gasteiger partial charge in [0.1, 0.15) is 0 Å². The van der Waals surface area contributed by atoms with Crippen molar-refractivity contribution in [3.8, 4) is 0 Å². The van der Waals surface area contributed by atoms with E-state index in [1.54, 1.807) is 29.2 Å². The van der Waals surface area contributed by atoms with Crippen LogP contribution >= 0.6 is 0 Å². The molecule has 7 heteroatoms. The van der Waals surface area contributed by atoms with Gasteiger partial charge >= 0.3 is 11.7 Å². The lowest BCUT2D eigenvalue weighted by molar-refractivity contribution is -0.141. The highest BCUT2D eigenvalue weighted by Crippen LogP contribution is 2.18. The first kappa shape index (κ1) is 14.4. The third-order valence-electron chi connectivity index (χ3n) is 4.01. The number of hydrogen-bond acceptors (Lipinski definition) is 4. The lowest BCUT2D eigenvalue weighted by atomic mass is 10.1. The van der Waals surface area contributed by atoms with Crippen molar-refractivity contribution in [1.29, 1.82) is 0 Å². The van der Waals surface area contributed by atoms with Gasteiger partial charge in [0.25, 0.3) is 0 Å². The standard InChI is InChI=1S/C15H16N2O5/c18-13(16-7-5-10(9-16)14(19)20)6-8-17-11-3-1-2-4-12(11)22-15(17)21/h1-4,10H,5-9H2,(H,19,20)/t10-/m1/s1. The molecule has 22 heavy (non-hydrogen) atoms. The van der Waals surface area contributed by atoms with Crippen LogP contribution in [0.3, 0.4) is 0 Å². The zero-order chi connectivity index (χ0) is 15.7. The number of amides is 1. The van der Waals surface area contributed by atoms with Crippen LogP contribution in [0, 0.1) is 5.92 Å². The number of aromatic nitrogens is 1. The van der Waals surface area contributed by atoms with Gasteiger partial charge in [0.15, 0.2) is 5.58 Å². The Kier molecular flexibility index (Phi) is 3.70. The van der Waals surface area contributed by atoms with Crippen molar-refractivity contribution < 1.29 is 19.1 Å². The molecule has 0 saturated carbocycles. The molecule has 3 rings (SSSR count). The average Bonchev–Trinajstić information content (AvgIpc) is 3.09. The predicted octanol–water partition coefficient (Wildman–Crippen LogP) is 0.918. The summed E-state index contributed by atoms with van der Waals surface area (Å²) in [5.41, 5.74) is 1.15. The molecule has 1 aliphatic rings. The van der Waals surface area contributed by atoms with Gasteiger partial charge in [-0.2, -0.15) is 0 Å². The topological polar surface area (TPSA) is 92.8 Å². The Hall–Kier alpha value is -2.57. The average molecular weight is 304 g/mol. The maximum Gasteiger partial charge on any atom is 0.419 e. The second kappa shape index (κ2) is 5.67. The van der Waals surface area contributed by atoms with Crippen LogP contribution in [0.4, 0.5) is 0 Å². The van der Waals surface area contributed by atoms with Crippen molar-refractivity contribution in [2.45, 2.75) is 19.4 Å². The zero-order valence-electron chi connectivity index (χ0n) is 11.9. The van der Waals surface area contributed by atoms with E-state index in [0.29, 0.717) is 24.1 Å². The summed E-state index contributed by atoms with van der Waals surface area (Å²) < 4.78 is 6.54. The first-order valence-electron chi connectivity index (χ1n) is 7.15. The number of rotatable bonds is 4. The first-order valence-corrected chi connectivity index (χ1v) is 7.15. The number of likely N-dealkylation sites (tertiary alicyclic amines) is 1. The van der Waals surface area contributed by atoms with Crippen LogP contribution in [0.1, 0.15) is 12.8 Å². The Morgan fingerprint density at radius 1 is 1.32 bits per heavy atom. The fourth-order valence-corrected chi connectivity index (χ4v) is 2.78. The van der Waals surface area contributed by atoms with E-state index >= 15 is 0 Å². The lowest BCUT2D eigenvalue weighted by Crippen LogP contribution is -2.31. The largest absolute Gasteiger partial charge is 0.481 e. The van der Waals surface area contributed by atoms with Crippen LogP contribution in [-0.4, -0.2) is 39.5 Å². The lowest BCUT2D eigenvalue weighted by Gasteiger charge is -2.15. The number of oxazole rings is 1. The van der Waals surface area contributed by atoms with Gasteiger partial charge in [-0.25, -0.2) is 4.79 Å². The Balaban J connectivity index is 1.67. The molecule has 1 amide bonds. The van der Waals surface area contributed by atoms with Gasteiger partial charge in [0.2, 0.25) is 5.91 Å². The van der Waals surface area contributed by atoms with Crippen LogP contribution in [0.25, 0.3) is 11.1 Å². The van der Waals surface area contributed by atoms with E-state index in [4.69, 9.17) is 9.52 Å². The molecule has 116 valence electrons. The highest BCUT2D eigenvalue weighted by Gasteiger charge is 2.30. The second-order valence-corrected chi connectivity index (χ2v) is 5.40. The Morgan fingerprint density at radius 2 is 2.09 bits per heavy atom. The summed E-state index contributed by atoms with van der Waals surface area (Å²) in [6.45, 7) is 0.926. The summed E-state index contributed by atoms with van der Waals surface area (Å²) in [7, 11) is 0. The minimum absolute atomic E-state index is 0.138. The predicted molar refractivity (Wildman–Crippen MR) is 77.4 cm³/mol. The second-order valence-electron chi connectivity index (χ2n) is 5.40. The molecule has 0 bridgehead atoms. The van der Waals surface area contributed by atoms with E-state index in [-0.39, 0.29) is 25.4 Å². The number of hydrogen-bond donors (Lipinski definition) is 1. The molecule has 1 aliphatic heterocycles. The fourth-order valence-electron chi connectivity index (χ4n) is 2.78. The van der Waals surface area contributed by atoms with Gasteiger partial charge in [-0.15, -0.1) is 0 Å². The number of aliphatic carboxylic acids is 1. The fraction of sp³-hybridized carbons (Fsp3) is 0.400. The summed E-state index contributed by atoms with van der Waals surface area (Å²) >= 11 is 0. The summed E-state index contributed by atoms with van der Waals surface area (Å²) in [6.07, 6.45) is 0.630. The molecule has 0 spiro atoms. The summed E-state index contributed by atoms with van der Waals surface area (Å²) in [6, 6.07) is 7.04. The monoisotopic (exact) mass is 304 g/mol. The molecule has 2 heterocycles. The third-order valence-corrected chi connectivity index (χ3v) is 4.01. The molecule has 7 nitrogen and oxygen atoms in total. The number of carboxylic acids is 1. The molecule has 1 N–H and O–H groups in total. The van der Waals surface area contributed by atoms with Gasteiger partial charge in [0, 0.05) is 26.1 Å². The molecular weight excluding hydrogens is 288 g/mol. The first-order chi connectivity index (χ1) is 10.6. The number of carbonyl (C=O) groups is 2. The molecule has 1 atom stereocenters. The number of benzene rings is 1. The zero-order valence-corrected chi connectivity index (χ0v) is 11.9. The molecule has 2 aromatic rings. The molecular formula is C15H16N2O5. The van der Waals surface area contributed by atoms with Gasteiger partial charge in [-0.3, -0.25) is 14.2 Å². The Bertz CT molecular complexity index is 776. The van der Waals surface area contributed by atoms with E-state index in [9.17, 15) is 14.4 Å². The van der Waals surface area contributed by atoms with Crippen molar-refractivity contribution in [3.05, 3.63) is 34.8 Å². The number of carbonyl (C=O) groups excluding carboxylic acids is 1. The number of nitrogens with zero attached hydrogens (tertiary/aromatic N) is 2. The van der Waals surface area contributed by atoms with E-state index in [1.165, 1.54) is 4.57 Å². The van der Waals surface area contributed by atoms with Crippen molar-refractivity contribution >= 4 is 23.0 Å². The van der Waals surface area contributed by atoms with E-state index < -0.39 is 17.6 Å². The minimum Gasteiger partial charge on any atom is -0.481 e. The summed E-state index contributed by atoms with van der Waals surface area (Å²) in [5, 5.41) is 8.95. The number of carboxylic acid groups (broad SMARTS) is 1. The van der Waals surface area contributed by atoms with Crippen LogP contribution in [0.2, 0.25) is 0 Å². The molecule has 0 unspecified atom stereocenters. The Labute approximate surface area is 125 Å². The number of fused-ring (bicyclic) bond motifs is 1. The summed E-state index contributed by atoms with van der Waals surface area (Å²) in [4.78, 5) is 36.4. The molecule has 0 radical (unpaired) electrons. The quantitative estimate of drug-likeness (QED) is 0.906. The van der Waals surface area contributed by atoms with Crippen molar-refractivity contribution in [2.24, 2.45) is 5.92 Å². The van der Waals surface area contributed by atoms with Crippen LogP contribution < -0.4 is 5.76 Å². The highest BCUT2D eigenvalue weighted by molar-refractivity contribution is 5.79. The van der Waals surface area contributed by atoms with E-state index in [1.807, 2.05) is 0 Å². The Morgan fingerprint density at radius 3 is 2.82 bits per heavy atom. The summed E-state index contributed by atoms with van der Waals surface area (Å²) in [5.74, 6) is -1.98. The maximum absolute atomic E-state index is 12.1. The van der Waals surface area contributed by atoms with E-state index in [0.717, 1.165) is 0 Å². The SMILES string of the molecule is O=C(O)[C@@H]1CCN(C(=O)CCn2c(=O)oc3ccccc32)C1. The van der Waals surface area contributed by atoms with Crippen LogP contribution in [-0.2, 0) is 16.1 Å². The van der Waals surface area contributed by atoms with Crippen LogP contribution in [0.15, 0.2) is 33.5 Å².